The van der Waals surface area contributed by atoms with Crippen LogP contribution in [0.3, 0.4) is 0 Å². The van der Waals surface area contributed by atoms with Gasteiger partial charge in [-0.25, -0.2) is 4.98 Å². The molecule has 0 bridgehead atoms. The molecule has 0 aliphatic carbocycles. The number of hydrogen-bond donors (Lipinski definition) is 1. The van der Waals surface area contributed by atoms with Crippen LogP contribution in [0.5, 0.6) is 0 Å². The molecular formula is C8H9F3N2. The minimum Gasteiger partial charge on any atom is -0.325 e. The summed E-state index contributed by atoms with van der Waals surface area (Å²) in [5, 5.41) is 0. The van der Waals surface area contributed by atoms with Crippen LogP contribution < -0.4 is 5.73 Å². The highest BCUT2D eigenvalue weighted by Gasteiger charge is 2.32. The molecule has 0 saturated carbocycles. The van der Waals surface area contributed by atoms with Gasteiger partial charge in [0.25, 0.3) is 0 Å². The van der Waals surface area contributed by atoms with Crippen LogP contribution >= 0.6 is 0 Å². The van der Waals surface area contributed by atoms with Crippen molar-refractivity contribution in [1.82, 2.24) is 4.98 Å². The standard InChI is InChI=1S/C8H9F3N2/c1-5-2-6(4-12)13-7(3-5)8(9,10)11/h2-3H,4,12H2,1H3. The van der Waals surface area contributed by atoms with Crippen LogP contribution in [-0.2, 0) is 12.7 Å². The van der Waals surface area contributed by atoms with E-state index < -0.39 is 11.9 Å². The van der Waals surface area contributed by atoms with Crippen LogP contribution in [0.15, 0.2) is 12.1 Å². The van der Waals surface area contributed by atoms with Crippen molar-refractivity contribution in [2.75, 3.05) is 0 Å². The molecule has 0 spiro atoms. The van der Waals surface area contributed by atoms with Crippen LogP contribution in [0.4, 0.5) is 13.2 Å². The molecule has 5 heteroatoms. The van der Waals surface area contributed by atoms with Gasteiger partial charge in [0.1, 0.15) is 5.69 Å². The summed E-state index contributed by atoms with van der Waals surface area (Å²) >= 11 is 0. The van der Waals surface area contributed by atoms with Gasteiger partial charge in [0.05, 0.1) is 5.69 Å². The Hall–Kier alpha value is -1.10. The van der Waals surface area contributed by atoms with Gasteiger partial charge in [-0.1, -0.05) is 0 Å². The van der Waals surface area contributed by atoms with Gasteiger partial charge in [0.2, 0.25) is 0 Å². The van der Waals surface area contributed by atoms with Crippen molar-refractivity contribution in [3.8, 4) is 0 Å². The number of rotatable bonds is 1. The van der Waals surface area contributed by atoms with Crippen LogP contribution in [0.1, 0.15) is 17.0 Å². The van der Waals surface area contributed by atoms with E-state index in [0.717, 1.165) is 6.07 Å². The first kappa shape index (κ1) is 9.98. The maximum Gasteiger partial charge on any atom is 0.433 e. The van der Waals surface area contributed by atoms with Crippen molar-refractivity contribution in [1.29, 1.82) is 0 Å². The van der Waals surface area contributed by atoms with Crippen molar-refractivity contribution >= 4 is 0 Å². The van der Waals surface area contributed by atoms with Crippen molar-refractivity contribution in [3.63, 3.8) is 0 Å². The number of aromatic nitrogens is 1. The van der Waals surface area contributed by atoms with Gasteiger partial charge < -0.3 is 5.73 Å². The Kier molecular flexibility index (Phi) is 2.56. The van der Waals surface area contributed by atoms with Crippen LogP contribution in [-0.4, -0.2) is 4.98 Å². The number of alkyl halides is 3. The van der Waals surface area contributed by atoms with Gasteiger partial charge in [-0.05, 0) is 24.6 Å². The highest BCUT2D eigenvalue weighted by Crippen LogP contribution is 2.28. The summed E-state index contributed by atoms with van der Waals surface area (Å²) in [6, 6.07) is 2.54. The monoisotopic (exact) mass is 190 g/mol. The zero-order chi connectivity index (χ0) is 10.1. The number of nitrogens with two attached hydrogens (primary N) is 1. The number of nitrogens with zero attached hydrogens (tertiary/aromatic N) is 1. The first-order valence-corrected chi connectivity index (χ1v) is 3.68. The van der Waals surface area contributed by atoms with Crippen LogP contribution in [0.25, 0.3) is 0 Å². The molecule has 0 saturated heterocycles. The Balaban J connectivity index is 3.16. The number of pyridine rings is 1. The molecule has 2 N–H and O–H groups in total. The Morgan fingerprint density at radius 3 is 2.46 bits per heavy atom. The molecule has 13 heavy (non-hydrogen) atoms. The van der Waals surface area contributed by atoms with E-state index in [4.69, 9.17) is 5.73 Å². The molecule has 0 radical (unpaired) electrons. The lowest BCUT2D eigenvalue weighted by atomic mass is 10.2. The highest BCUT2D eigenvalue weighted by atomic mass is 19.4. The van der Waals surface area contributed by atoms with E-state index in [-0.39, 0.29) is 12.2 Å². The number of hydrogen-bond acceptors (Lipinski definition) is 2. The van der Waals surface area contributed by atoms with Gasteiger partial charge in [-0.15, -0.1) is 0 Å². The normalized spacial score (nSPS) is 11.8. The predicted octanol–water partition coefficient (Wildman–Crippen LogP) is 1.87. The van der Waals surface area contributed by atoms with Crippen molar-refractivity contribution < 1.29 is 13.2 Å². The van der Waals surface area contributed by atoms with E-state index >= 15 is 0 Å². The Labute approximate surface area is 73.6 Å². The molecule has 2 nitrogen and oxygen atoms in total. The fourth-order valence-corrected chi connectivity index (χ4v) is 0.989. The second-order valence-corrected chi connectivity index (χ2v) is 2.72. The molecule has 1 aromatic heterocycles. The number of halogens is 3. The van der Waals surface area contributed by atoms with Gasteiger partial charge in [-0.2, -0.15) is 13.2 Å². The van der Waals surface area contributed by atoms with Crippen LogP contribution in [0.2, 0.25) is 0 Å². The maximum absolute atomic E-state index is 12.2. The number of aryl methyl sites for hydroxylation is 1. The minimum absolute atomic E-state index is 0.0186. The van der Waals surface area contributed by atoms with Gasteiger partial charge in [-0.3, -0.25) is 0 Å². The molecule has 0 unspecified atom stereocenters. The first-order chi connectivity index (χ1) is 5.93. The second-order valence-electron chi connectivity index (χ2n) is 2.72. The Morgan fingerprint density at radius 2 is 2.00 bits per heavy atom. The Bertz CT molecular complexity index is 307. The quantitative estimate of drug-likeness (QED) is 0.734. The third kappa shape index (κ3) is 2.42. The first-order valence-electron chi connectivity index (χ1n) is 3.68. The zero-order valence-electron chi connectivity index (χ0n) is 7.02. The van der Waals surface area contributed by atoms with E-state index in [1.165, 1.54) is 6.07 Å². The average Bonchev–Trinajstić information content (AvgIpc) is 2.01. The summed E-state index contributed by atoms with van der Waals surface area (Å²) in [5.41, 5.74) is 5.09. The summed E-state index contributed by atoms with van der Waals surface area (Å²) in [6.07, 6.45) is -4.39. The smallest absolute Gasteiger partial charge is 0.325 e. The van der Waals surface area contributed by atoms with E-state index in [2.05, 4.69) is 4.98 Å². The largest absolute Gasteiger partial charge is 0.433 e. The third-order valence-corrected chi connectivity index (χ3v) is 1.52. The molecule has 0 atom stereocenters. The predicted molar refractivity (Wildman–Crippen MR) is 41.9 cm³/mol. The summed E-state index contributed by atoms with van der Waals surface area (Å²) < 4.78 is 36.5. The highest BCUT2D eigenvalue weighted by molar-refractivity contribution is 5.21. The molecule has 72 valence electrons. The van der Waals surface area contributed by atoms with E-state index in [0.29, 0.717) is 5.56 Å². The maximum atomic E-state index is 12.2. The molecule has 0 amide bonds. The molecule has 0 aliphatic heterocycles. The lowest BCUT2D eigenvalue weighted by Crippen LogP contribution is -2.11. The lowest BCUT2D eigenvalue weighted by Gasteiger charge is -2.08. The topological polar surface area (TPSA) is 38.9 Å². The van der Waals surface area contributed by atoms with Gasteiger partial charge in [0, 0.05) is 6.54 Å². The summed E-state index contributed by atoms with van der Waals surface area (Å²) in [7, 11) is 0. The molecular weight excluding hydrogens is 181 g/mol. The summed E-state index contributed by atoms with van der Waals surface area (Å²) in [5.74, 6) is 0. The van der Waals surface area contributed by atoms with Crippen LogP contribution in [0, 0.1) is 6.92 Å². The molecule has 1 rings (SSSR count). The Morgan fingerprint density at radius 1 is 1.38 bits per heavy atom. The zero-order valence-corrected chi connectivity index (χ0v) is 7.02. The molecule has 1 aromatic rings. The van der Waals surface area contributed by atoms with Gasteiger partial charge in [0.15, 0.2) is 0 Å². The van der Waals surface area contributed by atoms with Crippen molar-refractivity contribution in [2.45, 2.75) is 19.6 Å². The summed E-state index contributed by atoms with van der Waals surface area (Å²) in [4.78, 5) is 3.37. The van der Waals surface area contributed by atoms with Crippen molar-refractivity contribution in [2.24, 2.45) is 5.73 Å². The fraction of sp³-hybridized carbons (Fsp3) is 0.375. The molecule has 1 heterocycles. The fourth-order valence-electron chi connectivity index (χ4n) is 0.989. The van der Waals surface area contributed by atoms with E-state index in [1.54, 1.807) is 6.92 Å². The van der Waals surface area contributed by atoms with E-state index in [1.807, 2.05) is 0 Å². The van der Waals surface area contributed by atoms with Gasteiger partial charge >= 0.3 is 6.18 Å². The third-order valence-electron chi connectivity index (χ3n) is 1.52. The summed E-state index contributed by atoms with van der Waals surface area (Å²) in [6.45, 7) is 1.60. The SMILES string of the molecule is Cc1cc(CN)nc(C(F)(F)F)c1. The molecule has 0 aliphatic rings. The second kappa shape index (κ2) is 3.33. The minimum atomic E-state index is -4.39. The lowest BCUT2D eigenvalue weighted by molar-refractivity contribution is -0.141. The van der Waals surface area contributed by atoms with E-state index in [9.17, 15) is 13.2 Å². The average molecular weight is 190 g/mol. The molecule has 0 aromatic carbocycles. The molecule has 0 fully saturated rings. The van der Waals surface area contributed by atoms with Crippen molar-refractivity contribution in [3.05, 3.63) is 29.1 Å².